The Morgan fingerprint density at radius 2 is 2.17 bits per heavy atom. The van der Waals surface area contributed by atoms with Gasteiger partial charge in [-0.15, -0.1) is 0 Å². The van der Waals surface area contributed by atoms with Crippen molar-refractivity contribution >= 4 is 23.4 Å². The van der Waals surface area contributed by atoms with Crippen LogP contribution in [0.2, 0.25) is 5.02 Å². The first-order valence-electron chi connectivity index (χ1n) is 4.81. The maximum absolute atomic E-state index is 13.7. The number of hydrogen-bond acceptors (Lipinski definition) is 4. The van der Waals surface area contributed by atoms with E-state index >= 15 is 0 Å². The van der Waals surface area contributed by atoms with Crippen LogP contribution >= 0.6 is 11.6 Å². The molecule has 0 bridgehead atoms. The van der Waals surface area contributed by atoms with Crippen LogP contribution in [0, 0.1) is 5.82 Å². The number of halogens is 2. The quantitative estimate of drug-likeness (QED) is 0.871. The number of anilines is 1. The zero-order chi connectivity index (χ0) is 13.3. The lowest BCUT2D eigenvalue weighted by molar-refractivity contribution is 0.0691. The van der Waals surface area contributed by atoms with E-state index in [0.29, 0.717) is 0 Å². The van der Waals surface area contributed by atoms with Crippen LogP contribution in [0.25, 0.3) is 11.3 Å². The average Bonchev–Trinajstić information content (AvgIpc) is 2.33. The summed E-state index contributed by atoms with van der Waals surface area (Å²) in [6, 6.07) is 4.33. The molecule has 0 saturated carbocycles. The van der Waals surface area contributed by atoms with Gasteiger partial charge in [-0.3, -0.25) is 0 Å². The molecule has 0 radical (unpaired) electrons. The van der Waals surface area contributed by atoms with Gasteiger partial charge in [0.1, 0.15) is 0 Å². The Hall–Kier alpha value is -2.21. The van der Waals surface area contributed by atoms with Crippen molar-refractivity contribution in [2.45, 2.75) is 0 Å². The smallest absolute Gasteiger partial charge is 0.358 e. The molecule has 2 aromatic rings. The van der Waals surface area contributed by atoms with Crippen LogP contribution in [-0.2, 0) is 0 Å². The molecule has 0 spiro atoms. The fourth-order valence-electron chi connectivity index (χ4n) is 1.39. The summed E-state index contributed by atoms with van der Waals surface area (Å²) in [7, 11) is 0. The molecule has 1 aromatic carbocycles. The van der Waals surface area contributed by atoms with Crippen molar-refractivity contribution in [1.29, 1.82) is 0 Å². The van der Waals surface area contributed by atoms with Crippen molar-refractivity contribution in [2.75, 3.05) is 5.73 Å². The number of aromatic carboxylic acids is 1. The molecule has 92 valence electrons. The van der Waals surface area contributed by atoms with Crippen LogP contribution in [0.1, 0.15) is 10.5 Å². The van der Waals surface area contributed by atoms with Crippen LogP contribution < -0.4 is 5.73 Å². The molecule has 1 aromatic heterocycles. The molecule has 0 aliphatic heterocycles. The molecule has 0 amide bonds. The van der Waals surface area contributed by atoms with E-state index < -0.39 is 17.5 Å². The van der Waals surface area contributed by atoms with Gasteiger partial charge in [0.25, 0.3) is 0 Å². The van der Waals surface area contributed by atoms with Crippen LogP contribution in [0.4, 0.5) is 10.2 Å². The van der Waals surface area contributed by atoms with Gasteiger partial charge in [0.15, 0.2) is 17.3 Å². The number of benzene rings is 1. The lowest BCUT2D eigenvalue weighted by atomic mass is 10.1. The highest BCUT2D eigenvalue weighted by molar-refractivity contribution is 6.31. The molecule has 0 saturated heterocycles. The maximum Gasteiger partial charge on any atom is 0.358 e. The summed E-state index contributed by atoms with van der Waals surface area (Å²) in [4.78, 5) is 18.3. The minimum absolute atomic E-state index is 0.0570. The van der Waals surface area contributed by atoms with Gasteiger partial charge in [-0.25, -0.2) is 19.2 Å². The van der Waals surface area contributed by atoms with Gasteiger partial charge in [-0.2, -0.15) is 0 Å². The summed E-state index contributed by atoms with van der Waals surface area (Å²) in [6.07, 6.45) is 1.19. The molecule has 3 N–H and O–H groups in total. The molecule has 0 fully saturated rings. The van der Waals surface area contributed by atoms with E-state index in [-0.39, 0.29) is 22.1 Å². The molecule has 1 heterocycles. The number of nitrogens with zero attached hydrogens (tertiary/aromatic N) is 2. The number of aromatic nitrogens is 2. The van der Waals surface area contributed by atoms with Crippen molar-refractivity contribution in [3.05, 3.63) is 40.9 Å². The normalized spacial score (nSPS) is 10.3. The number of carbonyl (C=O) groups is 1. The predicted octanol–water partition coefficient (Wildman–Crippen LogP) is 2.22. The standard InChI is InChI=1S/C11H7ClFN3O2/c12-6-3-1-2-5(8(6)13)7-4-15-10(14)9(16-7)11(17)18/h1-4H,(H2,14,15)(H,17,18). The van der Waals surface area contributed by atoms with Crippen LogP contribution in [0.5, 0.6) is 0 Å². The fraction of sp³-hybridized carbons (Fsp3) is 0. The highest BCUT2D eigenvalue weighted by Gasteiger charge is 2.15. The van der Waals surface area contributed by atoms with Gasteiger partial charge in [0.2, 0.25) is 0 Å². The average molecular weight is 268 g/mol. The van der Waals surface area contributed by atoms with E-state index in [2.05, 4.69) is 9.97 Å². The SMILES string of the molecule is Nc1ncc(-c2cccc(Cl)c2F)nc1C(=O)O. The molecule has 0 aliphatic rings. The Balaban J connectivity index is 2.62. The summed E-state index contributed by atoms with van der Waals surface area (Å²) in [5.41, 5.74) is 5.06. The second-order valence-corrected chi connectivity index (χ2v) is 3.80. The lowest BCUT2D eigenvalue weighted by Gasteiger charge is -2.05. The summed E-state index contributed by atoms with van der Waals surface area (Å²) >= 11 is 5.63. The minimum atomic E-state index is -1.33. The second kappa shape index (κ2) is 4.58. The number of carboxylic acid groups (broad SMARTS) is 1. The number of hydrogen-bond donors (Lipinski definition) is 2. The molecular weight excluding hydrogens is 261 g/mol. The van der Waals surface area contributed by atoms with E-state index in [1.807, 2.05) is 0 Å². The second-order valence-electron chi connectivity index (χ2n) is 3.40. The third-order valence-electron chi connectivity index (χ3n) is 2.23. The Labute approximate surface area is 106 Å². The van der Waals surface area contributed by atoms with Crippen LogP contribution in [0.3, 0.4) is 0 Å². The third kappa shape index (κ3) is 2.10. The number of nitrogen functional groups attached to an aromatic ring is 1. The molecule has 0 aliphatic carbocycles. The largest absolute Gasteiger partial charge is 0.476 e. The Kier molecular flexibility index (Phi) is 3.12. The summed E-state index contributed by atoms with van der Waals surface area (Å²) in [5.74, 6) is -2.24. The molecule has 0 atom stereocenters. The summed E-state index contributed by atoms with van der Waals surface area (Å²) in [6.45, 7) is 0. The van der Waals surface area contributed by atoms with E-state index in [1.54, 1.807) is 0 Å². The Morgan fingerprint density at radius 1 is 1.44 bits per heavy atom. The van der Waals surface area contributed by atoms with Crippen molar-refractivity contribution in [2.24, 2.45) is 0 Å². The lowest BCUT2D eigenvalue weighted by Crippen LogP contribution is -2.08. The number of carboxylic acids is 1. The maximum atomic E-state index is 13.7. The van der Waals surface area contributed by atoms with Gasteiger partial charge in [-0.05, 0) is 12.1 Å². The van der Waals surface area contributed by atoms with Crippen LogP contribution in [-0.4, -0.2) is 21.0 Å². The highest BCUT2D eigenvalue weighted by atomic mass is 35.5. The van der Waals surface area contributed by atoms with Gasteiger partial charge in [0.05, 0.1) is 16.9 Å². The van der Waals surface area contributed by atoms with E-state index in [0.717, 1.165) is 0 Å². The van der Waals surface area contributed by atoms with Gasteiger partial charge in [-0.1, -0.05) is 17.7 Å². The first-order valence-corrected chi connectivity index (χ1v) is 5.18. The van der Waals surface area contributed by atoms with Crippen molar-refractivity contribution in [3.63, 3.8) is 0 Å². The van der Waals surface area contributed by atoms with Crippen molar-refractivity contribution in [1.82, 2.24) is 9.97 Å². The summed E-state index contributed by atoms with van der Waals surface area (Å²) in [5, 5.41) is 8.78. The van der Waals surface area contributed by atoms with E-state index in [9.17, 15) is 9.18 Å². The molecule has 2 rings (SSSR count). The zero-order valence-corrected chi connectivity index (χ0v) is 9.65. The fourth-order valence-corrected chi connectivity index (χ4v) is 1.56. The van der Waals surface area contributed by atoms with E-state index in [4.69, 9.17) is 22.4 Å². The van der Waals surface area contributed by atoms with Crippen molar-refractivity contribution < 1.29 is 14.3 Å². The Morgan fingerprint density at radius 3 is 2.83 bits per heavy atom. The first-order chi connectivity index (χ1) is 8.50. The van der Waals surface area contributed by atoms with Gasteiger partial charge >= 0.3 is 5.97 Å². The Bertz CT molecular complexity index is 634. The number of nitrogens with two attached hydrogens (primary N) is 1. The summed E-state index contributed by atoms with van der Waals surface area (Å²) < 4.78 is 13.7. The molecule has 0 unspecified atom stereocenters. The van der Waals surface area contributed by atoms with E-state index in [1.165, 1.54) is 24.4 Å². The minimum Gasteiger partial charge on any atom is -0.476 e. The topological polar surface area (TPSA) is 89.1 Å². The molecule has 18 heavy (non-hydrogen) atoms. The molecular formula is C11H7ClFN3O2. The first kappa shape index (κ1) is 12.3. The highest BCUT2D eigenvalue weighted by Crippen LogP contribution is 2.26. The molecule has 5 nitrogen and oxygen atoms in total. The zero-order valence-electron chi connectivity index (χ0n) is 8.89. The van der Waals surface area contributed by atoms with Gasteiger partial charge in [0, 0.05) is 5.56 Å². The monoisotopic (exact) mass is 267 g/mol. The van der Waals surface area contributed by atoms with Crippen LogP contribution in [0.15, 0.2) is 24.4 Å². The third-order valence-corrected chi connectivity index (χ3v) is 2.52. The predicted molar refractivity (Wildman–Crippen MR) is 63.8 cm³/mol. The van der Waals surface area contributed by atoms with Crippen molar-refractivity contribution in [3.8, 4) is 11.3 Å². The van der Waals surface area contributed by atoms with Gasteiger partial charge < -0.3 is 10.8 Å². The molecule has 7 heteroatoms. The number of rotatable bonds is 2.